The Morgan fingerprint density at radius 1 is 1.44 bits per heavy atom. The number of hydrogen-bond acceptors (Lipinski definition) is 3. The molecule has 2 N–H and O–H groups in total. The third-order valence-electron chi connectivity index (χ3n) is 4.44. The van der Waals surface area contributed by atoms with E-state index in [1.54, 1.807) is 19.0 Å². The van der Waals surface area contributed by atoms with Crippen molar-refractivity contribution in [2.45, 2.75) is 38.3 Å². The van der Waals surface area contributed by atoms with Gasteiger partial charge in [0.25, 0.3) is 0 Å². The van der Waals surface area contributed by atoms with Gasteiger partial charge in [-0.05, 0) is 12.8 Å². The predicted octanol–water partition coefficient (Wildman–Crippen LogP) is 0.607. The molecule has 2 aliphatic rings. The number of ether oxygens (including phenoxy) is 1. The third-order valence-corrected chi connectivity index (χ3v) is 4.44. The molecule has 1 aliphatic heterocycles. The Bertz CT molecular complexity index is 314. The largest absolute Gasteiger partial charge is 0.377 e. The Morgan fingerprint density at radius 2 is 2.06 bits per heavy atom. The molecule has 2 rings (SSSR count). The van der Waals surface area contributed by atoms with Gasteiger partial charge in [-0.3, -0.25) is 4.79 Å². The van der Waals surface area contributed by atoms with E-state index in [0.717, 1.165) is 19.4 Å². The minimum Gasteiger partial charge on any atom is -0.377 e. The Balaban J connectivity index is 2.29. The van der Waals surface area contributed by atoms with Gasteiger partial charge in [-0.15, -0.1) is 0 Å². The highest BCUT2D eigenvalue weighted by Gasteiger charge is 2.70. The maximum Gasteiger partial charge on any atom is 0.243 e. The van der Waals surface area contributed by atoms with Gasteiger partial charge in [0, 0.05) is 32.0 Å². The summed E-state index contributed by atoms with van der Waals surface area (Å²) in [5.74, 6) is 0.218. The van der Waals surface area contributed by atoms with E-state index in [1.165, 1.54) is 0 Å². The Hall–Kier alpha value is -0.610. The minimum absolute atomic E-state index is 0.0317. The molecule has 1 heterocycles. The molecule has 1 saturated carbocycles. The molecule has 0 spiro atoms. The fourth-order valence-electron chi connectivity index (χ4n) is 3.38. The average Bonchev–Trinajstić information content (AvgIpc) is 2.26. The van der Waals surface area contributed by atoms with E-state index in [0.29, 0.717) is 0 Å². The first-order chi connectivity index (χ1) is 7.33. The summed E-state index contributed by atoms with van der Waals surface area (Å²) in [6.07, 6.45) is 2.16. The van der Waals surface area contributed by atoms with Crippen LogP contribution < -0.4 is 5.73 Å². The number of rotatable bonds is 1. The number of fused-ring (bicyclic) bond motifs is 1. The van der Waals surface area contributed by atoms with Gasteiger partial charge in [0.2, 0.25) is 5.91 Å². The molecule has 4 nitrogen and oxygen atoms in total. The third kappa shape index (κ3) is 1.20. The Labute approximate surface area is 97.1 Å². The van der Waals surface area contributed by atoms with Crippen LogP contribution in [0.2, 0.25) is 0 Å². The molecule has 0 radical (unpaired) electrons. The van der Waals surface area contributed by atoms with Crippen LogP contribution in [0.25, 0.3) is 0 Å². The molecule has 0 bridgehead atoms. The average molecular weight is 226 g/mol. The second-order valence-corrected chi connectivity index (χ2v) is 5.83. The molecule has 3 unspecified atom stereocenters. The Morgan fingerprint density at radius 3 is 2.62 bits per heavy atom. The van der Waals surface area contributed by atoms with Crippen LogP contribution >= 0.6 is 0 Å². The normalized spacial score (nSPS) is 40.8. The van der Waals surface area contributed by atoms with E-state index < -0.39 is 5.54 Å². The van der Waals surface area contributed by atoms with E-state index in [4.69, 9.17) is 10.5 Å². The summed E-state index contributed by atoms with van der Waals surface area (Å²) in [7, 11) is 3.54. The molecule has 1 aliphatic carbocycles. The number of amides is 1. The van der Waals surface area contributed by atoms with Gasteiger partial charge in [0.05, 0.1) is 6.10 Å². The SMILES string of the molecule is CN(C)C(=O)C1(N)C2CCCOC2C1(C)C. The van der Waals surface area contributed by atoms with Crippen molar-refractivity contribution >= 4 is 5.91 Å². The molecule has 1 amide bonds. The van der Waals surface area contributed by atoms with Crippen molar-refractivity contribution in [1.82, 2.24) is 4.90 Å². The maximum atomic E-state index is 12.3. The predicted molar refractivity (Wildman–Crippen MR) is 61.9 cm³/mol. The summed E-state index contributed by atoms with van der Waals surface area (Å²) in [6.45, 7) is 4.89. The van der Waals surface area contributed by atoms with Gasteiger partial charge >= 0.3 is 0 Å². The second kappa shape index (κ2) is 3.44. The van der Waals surface area contributed by atoms with Gasteiger partial charge < -0.3 is 15.4 Å². The lowest BCUT2D eigenvalue weighted by atomic mass is 9.46. The van der Waals surface area contributed by atoms with Crippen molar-refractivity contribution in [1.29, 1.82) is 0 Å². The fourth-order valence-corrected chi connectivity index (χ4v) is 3.38. The summed E-state index contributed by atoms with van der Waals surface area (Å²) in [5, 5.41) is 0. The van der Waals surface area contributed by atoms with Gasteiger partial charge in [0.1, 0.15) is 5.54 Å². The lowest BCUT2D eigenvalue weighted by molar-refractivity contribution is -0.229. The van der Waals surface area contributed by atoms with E-state index in [2.05, 4.69) is 0 Å². The molecule has 16 heavy (non-hydrogen) atoms. The minimum atomic E-state index is -0.748. The standard InChI is InChI=1S/C12H22N2O2/c1-11(2)9-8(6-5-7-16-9)12(11,13)10(15)14(3)4/h8-9H,5-7,13H2,1-4H3. The quantitative estimate of drug-likeness (QED) is 0.712. The van der Waals surface area contributed by atoms with Gasteiger partial charge in [-0.2, -0.15) is 0 Å². The number of carbonyl (C=O) groups is 1. The summed E-state index contributed by atoms with van der Waals surface area (Å²) in [5.41, 5.74) is 5.40. The van der Waals surface area contributed by atoms with E-state index in [9.17, 15) is 4.79 Å². The second-order valence-electron chi connectivity index (χ2n) is 5.83. The molecule has 1 saturated heterocycles. The first-order valence-corrected chi connectivity index (χ1v) is 5.95. The molecule has 2 fully saturated rings. The van der Waals surface area contributed by atoms with Gasteiger partial charge in [-0.1, -0.05) is 13.8 Å². The zero-order valence-electron chi connectivity index (χ0n) is 10.6. The van der Waals surface area contributed by atoms with Crippen LogP contribution in [0, 0.1) is 11.3 Å². The highest BCUT2D eigenvalue weighted by atomic mass is 16.5. The number of carbonyl (C=O) groups excluding carboxylic acids is 1. The van der Waals surface area contributed by atoms with Crippen molar-refractivity contribution in [3.8, 4) is 0 Å². The summed E-state index contributed by atoms with van der Waals surface area (Å²) in [6, 6.07) is 0. The van der Waals surface area contributed by atoms with Crippen molar-refractivity contribution in [3.05, 3.63) is 0 Å². The van der Waals surface area contributed by atoms with Crippen LogP contribution in [0.1, 0.15) is 26.7 Å². The first-order valence-electron chi connectivity index (χ1n) is 5.95. The lowest BCUT2D eigenvalue weighted by Crippen LogP contribution is -2.82. The van der Waals surface area contributed by atoms with Crippen LogP contribution in [0.5, 0.6) is 0 Å². The summed E-state index contributed by atoms with van der Waals surface area (Å²) in [4.78, 5) is 13.9. The highest BCUT2D eigenvalue weighted by Crippen LogP contribution is 2.57. The number of likely N-dealkylation sites (N-methyl/N-ethyl adjacent to an activating group) is 1. The molecule has 0 aromatic rings. The van der Waals surface area contributed by atoms with Crippen molar-refractivity contribution in [3.63, 3.8) is 0 Å². The Kier molecular flexibility index (Phi) is 2.55. The van der Waals surface area contributed by atoms with Crippen LogP contribution in [-0.4, -0.2) is 43.2 Å². The fraction of sp³-hybridized carbons (Fsp3) is 0.917. The topological polar surface area (TPSA) is 55.6 Å². The van der Waals surface area contributed by atoms with Crippen molar-refractivity contribution in [2.24, 2.45) is 17.1 Å². The molecular formula is C12H22N2O2. The summed E-state index contributed by atoms with van der Waals surface area (Å²) < 4.78 is 5.77. The number of nitrogens with two attached hydrogens (primary N) is 1. The van der Waals surface area contributed by atoms with Crippen LogP contribution in [0.15, 0.2) is 0 Å². The maximum absolute atomic E-state index is 12.3. The van der Waals surface area contributed by atoms with E-state index in [-0.39, 0.29) is 23.3 Å². The van der Waals surface area contributed by atoms with E-state index in [1.807, 2.05) is 13.8 Å². The van der Waals surface area contributed by atoms with E-state index >= 15 is 0 Å². The summed E-state index contributed by atoms with van der Waals surface area (Å²) >= 11 is 0. The first kappa shape index (κ1) is 11.9. The van der Waals surface area contributed by atoms with Crippen LogP contribution in [0.3, 0.4) is 0 Å². The monoisotopic (exact) mass is 226 g/mol. The van der Waals surface area contributed by atoms with Crippen LogP contribution in [0.4, 0.5) is 0 Å². The van der Waals surface area contributed by atoms with Crippen molar-refractivity contribution in [2.75, 3.05) is 20.7 Å². The molecule has 0 aromatic carbocycles. The molecular weight excluding hydrogens is 204 g/mol. The highest BCUT2D eigenvalue weighted by molar-refractivity contribution is 5.89. The lowest BCUT2D eigenvalue weighted by Gasteiger charge is -2.65. The van der Waals surface area contributed by atoms with Gasteiger partial charge in [-0.25, -0.2) is 0 Å². The number of nitrogens with zero attached hydrogens (tertiary/aromatic N) is 1. The van der Waals surface area contributed by atoms with Gasteiger partial charge in [0.15, 0.2) is 0 Å². The number of hydrogen-bond donors (Lipinski definition) is 1. The molecule has 92 valence electrons. The molecule has 3 atom stereocenters. The smallest absolute Gasteiger partial charge is 0.243 e. The molecule has 0 aromatic heterocycles. The zero-order valence-corrected chi connectivity index (χ0v) is 10.6. The molecule has 4 heteroatoms. The zero-order chi connectivity index (χ0) is 12.1. The van der Waals surface area contributed by atoms with Crippen LogP contribution in [-0.2, 0) is 9.53 Å². The van der Waals surface area contributed by atoms with Crippen molar-refractivity contribution < 1.29 is 9.53 Å².